The molecule has 3 nitrogen and oxygen atoms in total. The van der Waals surface area contributed by atoms with E-state index in [1.807, 2.05) is 7.05 Å². The summed E-state index contributed by atoms with van der Waals surface area (Å²) in [7, 11) is 3.75. The Kier molecular flexibility index (Phi) is 7.05. The first-order valence-electron chi connectivity index (χ1n) is 6.92. The standard InChI is InChI=1S/C15H24F2N2O/c1-11(20)4-6-19(3)7-5-15(18-2)12-8-13(16)10-14(17)9-12/h8-11,15,18,20H,4-7H2,1-3H3. The summed E-state index contributed by atoms with van der Waals surface area (Å²) in [6.45, 7) is 3.35. The molecule has 0 amide bonds. The van der Waals surface area contributed by atoms with Crippen LogP contribution in [0.1, 0.15) is 31.4 Å². The van der Waals surface area contributed by atoms with Gasteiger partial charge in [-0.3, -0.25) is 0 Å². The van der Waals surface area contributed by atoms with Crippen LogP contribution in [0.2, 0.25) is 0 Å². The molecule has 114 valence electrons. The lowest BCUT2D eigenvalue weighted by Crippen LogP contribution is -2.27. The van der Waals surface area contributed by atoms with Crippen molar-refractivity contribution in [3.8, 4) is 0 Å². The van der Waals surface area contributed by atoms with Crippen molar-refractivity contribution < 1.29 is 13.9 Å². The third kappa shape index (κ3) is 5.94. The van der Waals surface area contributed by atoms with E-state index in [2.05, 4.69) is 10.2 Å². The van der Waals surface area contributed by atoms with Gasteiger partial charge in [0.2, 0.25) is 0 Å². The molecule has 0 radical (unpaired) electrons. The van der Waals surface area contributed by atoms with Crippen molar-refractivity contribution in [1.29, 1.82) is 0 Å². The maximum atomic E-state index is 13.2. The van der Waals surface area contributed by atoms with Crippen LogP contribution in [0.3, 0.4) is 0 Å². The van der Waals surface area contributed by atoms with Gasteiger partial charge in [-0.15, -0.1) is 0 Å². The van der Waals surface area contributed by atoms with E-state index in [-0.39, 0.29) is 12.1 Å². The Morgan fingerprint density at radius 3 is 2.20 bits per heavy atom. The monoisotopic (exact) mass is 286 g/mol. The maximum absolute atomic E-state index is 13.2. The van der Waals surface area contributed by atoms with Gasteiger partial charge in [-0.25, -0.2) is 8.78 Å². The van der Waals surface area contributed by atoms with Crippen LogP contribution in [-0.4, -0.2) is 43.3 Å². The summed E-state index contributed by atoms with van der Waals surface area (Å²) >= 11 is 0. The second kappa shape index (κ2) is 8.29. The van der Waals surface area contributed by atoms with Gasteiger partial charge in [-0.05, 0) is 58.1 Å². The van der Waals surface area contributed by atoms with Crippen molar-refractivity contribution in [2.45, 2.75) is 31.9 Å². The Bertz CT molecular complexity index is 393. The van der Waals surface area contributed by atoms with Gasteiger partial charge >= 0.3 is 0 Å². The van der Waals surface area contributed by atoms with Gasteiger partial charge in [-0.1, -0.05) is 0 Å². The van der Waals surface area contributed by atoms with E-state index in [0.717, 1.165) is 32.0 Å². The minimum Gasteiger partial charge on any atom is -0.393 e. The van der Waals surface area contributed by atoms with Crippen LogP contribution in [0.15, 0.2) is 18.2 Å². The van der Waals surface area contributed by atoms with E-state index in [4.69, 9.17) is 0 Å². The van der Waals surface area contributed by atoms with Crippen LogP contribution in [0.25, 0.3) is 0 Å². The Balaban J connectivity index is 2.54. The number of aliphatic hydroxyl groups is 1. The SMILES string of the molecule is CNC(CCN(C)CCC(C)O)c1cc(F)cc(F)c1. The number of aliphatic hydroxyl groups excluding tert-OH is 1. The minimum absolute atomic E-state index is 0.0887. The smallest absolute Gasteiger partial charge is 0.126 e. The summed E-state index contributed by atoms with van der Waals surface area (Å²) < 4.78 is 26.5. The molecule has 0 heterocycles. The van der Waals surface area contributed by atoms with Gasteiger partial charge in [0.1, 0.15) is 11.6 Å². The molecule has 1 aromatic carbocycles. The molecule has 0 saturated heterocycles. The van der Waals surface area contributed by atoms with Gasteiger partial charge in [0.05, 0.1) is 6.10 Å². The lowest BCUT2D eigenvalue weighted by atomic mass is 10.0. The lowest BCUT2D eigenvalue weighted by molar-refractivity contribution is 0.163. The molecular weight excluding hydrogens is 262 g/mol. The summed E-state index contributed by atoms with van der Waals surface area (Å²) in [4.78, 5) is 2.10. The summed E-state index contributed by atoms with van der Waals surface area (Å²) in [5, 5.41) is 12.3. The lowest BCUT2D eigenvalue weighted by Gasteiger charge is -2.22. The molecule has 0 aliphatic carbocycles. The number of hydrogen-bond donors (Lipinski definition) is 2. The molecule has 0 aromatic heterocycles. The normalized spacial score (nSPS) is 14.6. The molecule has 0 saturated carbocycles. The van der Waals surface area contributed by atoms with E-state index in [0.29, 0.717) is 5.56 Å². The second-order valence-electron chi connectivity index (χ2n) is 5.27. The first-order valence-corrected chi connectivity index (χ1v) is 6.92. The van der Waals surface area contributed by atoms with Crippen molar-refractivity contribution >= 4 is 0 Å². The van der Waals surface area contributed by atoms with Gasteiger partial charge < -0.3 is 15.3 Å². The van der Waals surface area contributed by atoms with Crippen molar-refractivity contribution in [2.75, 3.05) is 27.2 Å². The van der Waals surface area contributed by atoms with E-state index >= 15 is 0 Å². The fraction of sp³-hybridized carbons (Fsp3) is 0.600. The van der Waals surface area contributed by atoms with Crippen molar-refractivity contribution in [1.82, 2.24) is 10.2 Å². The predicted octanol–water partition coefficient (Wildman–Crippen LogP) is 2.32. The molecule has 5 heteroatoms. The highest BCUT2D eigenvalue weighted by molar-refractivity contribution is 5.21. The number of benzene rings is 1. The van der Waals surface area contributed by atoms with Gasteiger partial charge in [-0.2, -0.15) is 0 Å². The first-order chi connectivity index (χ1) is 9.42. The Labute approximate surface area is 119 Å². The van der Waals surface area contributed by atoms with Crippen LogP contribution >= 0.6 is 0 Å². The summed E-state index contributed by atoms with van der Waals surface area (Å²) in [6.07, 6.45) is 1.15. The van der Waals surface area contributed by atoms with Crippen molar-refractivity contribution in [3.05, 3.63) is 35.4 Å². The molecule has 2 unspecified atom stereocenters. The Morgan fingerprint density at radius 1 is 1.15 bits per heavy atom. The van der Waals surface area contributed by atoms with Crippen LogP contribution in [0, 0.1) is 11.6 Å². The molecule has 0 spiro atoms. The highest BCUT2D eigenvalue weighted by Crippen LogP contribution is 2.19. The second-order valence-corrected chi connectivity index (χ2v) is 5.27. The third-order valence-corrected chi connectivity index (χ3v) is 3.36. The van der Waals surface area contributed by atoms with Crippen LogP contribution in [-0.2, 0) is 0 Å². The van der Waals surface area contributed by atoms with E-state index in [9.17, 15) is 13.9 Å². The van der Waals surface area contributed by atoms with Crippen LogP contribution < -0.4 is 5.32 Å². The van der Waals surface area contributed by atoms with Gasteiger partial charge in [0, 0.05) is 18.7 Å². The molecule has 2 atom stereocenters. The zero-order valence-electron chi connectivity index (χ0n) is 12.4. The molecule has 1 rings (SSSR count). The molecule has 0 bridgehead atoms. The molecule has 0 aliphatic heterocycles. The van der Waals surface area contributed by atoms with Crippen LogP contribution in [0.5, 0.6) is 0 Å². The highest BCUT2D eigenvalue weighted by Gasteiger charge is 2.13. The molecule has 0 fully saturated rings. The van der Waals surface area contributed by atoms with E-state index in [1.165, 1.54) is 12.1 Å². The fourth-order valence-corrected chi connectivity index (χ4v) is 2.12. The zero-order valence-corrected chi connectivity index (χ0v) is 12.4. The minimum atomic E-state index is -0.553. The van der Waals surface area contributed by atoms with Gasteiger partial charge in [0.25, 0.3) is 0 Å². The number of nitrogens with zero attached hydrogens (tertiary/aromatic N) is 1. The number of halogens is 2. The molecule has 2 N–H and O–H groups in total. The largest absolute Gasteiger partial charge is 0.393 e. The zero-order chi connectivity index (χ0) is 15.1. The molecule has 0 aliphatic rings. The van der Waals surface area contributed by atoms with Crippen LogP contribution in [0.4, 0.5) is 8.78 Å². The summed E-state index contributed by atoms with van der Waals surface area (Å²) in [6, 6.07) is 3.51. The number of nitrogens with one attached hydrogen (secondary N) is 1. The first kappa shape index (κ1) is 17.0. The average molecular weight is 286 g/mol. The third-order valence-electron chi connectivity index (χ3n) is 3.36. The molecular formula is C15H24F2N2O. The number of hydrogen-bond acceptors (Lipinski definition) is 3. The summed E-state index contributed by atoms with van der Waals surface area (Å²) in [5.41, 5.74) is 0.619. The fourth-order valence-electron chi connectivity index (χ4n) is 2.12. The quantitative estimate of drug-likeness (QED) is 0.770. The number of rotatable bonds is 8. The van der Waals surface area contributed by atoms with Gasteiger partial charge in [0.15, 0.2) is 0 Å². The van der Waals surface area contributed by atoms with E-state index < -0.39 is 11.6 Å². The predicted molar refractivity (Wildman–Crippen MR) is 76.6 cm³/mol. The average Bonchev–Trinajstić information content (AvgIpc) is 2.36. The Hall–Kier alpha value is -1.04. The van der Waals surface area contributed by atoms with Crippen molar-refractivity contribution in [3.63, 3.8) is 0 Å². The summed E-state index contributed by atoms with van der Waals surface area (Å²) in [5.74, 6) is -1.11. The Morgan fingerprint density at radius 2 is 1.70 bits per heavy atom. The maximum Gasteiger partial charge on any atom is 0.126 e. The molecule has 1 aromatic rings. The van der Waals surface area contributed by atoms with Crippen molar-refractivity contribution in [2.24, 2.45) is 0 Å². The topological polar surface area (TPSA) is 35.5 Å². The molecule has 20 heavy (non-hydrogen) atoms. The highest BCUT2D eigenvalue weighted by atomic mass is 19.1. The van der Waals surface area contributed by atoms with E-state index in [1.54, 1.807) is 14.0 Å².